The second kappa shape index (κ2) is 8.78. The molecule has 0 aliphatic rings. The number of benzene rings is 2. The Morgan fingerprint density at radius 3 is 2.47 bits per heavy atom. The van der Waals surface area contributed by atoms with Crippen LogP contribution in [-0.4, -0.2) is 20.4 Å². The van der Waals surface area contributed by atoms with Crippen molar-refractivity contribution in [3.63, 3.8) is 0 Å². The van der Waals surface area contributed by atoms with Gasteiger partial charge in [0.15, 0.2) is 5.65 Å². The monoisotopic (exact) mass is 400 g/mol. The van der Waals surface area contributed by atoms with Crippen molar-refractivity contribution >= 4 is 22.8 Å². The average molecular weight is 400 g/mol. The fraction of sp³-hybridized carbons (Fsp3) is 0.208. The van der Waals surface area contributed by atoms with E-state index >= 15 is 0 Å². The Kier molecular flexibility index (Phi) is 5.75. The Morgan fingerprint density at radius 1 is 1.00 bits per heavy atom. The molecule has 0 unspecified atom stereocenters. The van der Waals surface area contributed by atoms with E-state index in [1.807, 2.05) is 60.8 Å². The lowest BCUT2D eigenvalue weighted by Gasteiger charge is -2.06. The van der Waals surface area contributed by atoms with Crippen LogP contribution in [0.25, 0.3) is 22.2 Å². The van der Waals surface area contributed by atoms with Gasteiger partial charge >= 0.3 is 0 Å². The number of anilines is 1. The van der Waals surface area contributed by atoms with Gasteiger partial charge in [0.05, 0.1) is 5.39 Å². The van der Waals surface area contributed by atoms with Crippen molar-refractivity contribution in [3.05, 3.63) is 67.1 Å². The summed E-state index contributed by atoms with van der Waals surface area (Å²) in [6, 6.07) is 17.3. The van der Waals surface area contributed by atoms with Crippen molar-refractivity contribution in [3.8, 4) is 22.6 Å². The first-order chi connectivity index (χ1) is 14.7. The first-order valence-corrected chi connectivity index (χ1v) is 10.2. The van der Waals surface area contributed by atoms with Crippen LogP contribution in [0.5, 0.6) is 11.5 Å². The number of nitrogen functional groups attached to an aromatic ring is 1. The number of unbranched alkanes of at least 4 members (excludes halogenated alkanes) is 2. The fourth-order valence-electron chi connectivity index (χ4n) is 3.47. The SMILES string of the molecule is CCCCCC(=O)n1cc(-c2ccc(Oc3ccccc3)cc2)c2c(N)ncnc21. The van der Waals surface area contributed by atoms with E-state index in [0.29, 0.717) is 23.3 Å². The third-order valence-corrected chi connectivity index (χ3v) is 5.02. The molecule has 4 rings (SSSR count). The summed E-state index contributed by atoms with van der Waals surface area (Å²) >= 11 is 0. The summed E-state index contributed by atoms with van der Waals surface area (Å²) in [5.41, 5.74) is 8.46. The molecule has 0 fully saturated rings. The molecule has 0 aliphatic carbocycles. The van der Waals surface area contributed by atoms with Crippen LogP contribution >= 0.6 is 0 Å². The predicted molar refractivity (Wildman–Crippen MR) is 119 cm³/mol. The Balaban J connectivity index is 1.67. The number of hydrogen-bond donors (Lipinski definition) is 1. The van der Waals surface area contributed by atoms with Crippen molar-refractivity contribution < 1.29 is 9.53 Å². The fourth-order valence-corrected chi connectivity index (χ4v) is 3.47. The highest BCUT2D eigenvalue weighted by Crippen LogP contribution is 2.34. The Labute approximate surface area is 175 Å². The Bertz CT molecular complexity index is 1150. The van der Waals surface area contributed by atoms with Gasteiger partial charge in [-0.15, -0.1) is 0 Å². The molecule has 152 valence electrons. The van der Waals surface area contributed by atoms with Gasteiger partial charge in [0.25, 0.3) is 0 Å². The first kappa shape index (κ1) is 19.6. The van der Waals surface area contributed by atoms with E-state index in [2.05, 4.69) is 16.9 Å². The number of fused-ring (bicyclic) bond motifs is 1. The van der Waals surface area contributed by atoms with Gasteiger partial charge in [0.2, 0.25) is 5.91 Å². The van der Waals surface area contributed by atoms with E-state index in [0.717, 1.165) is 41.9 Å². The lowest BCUT2D eigenvalue weighted by molar-refractivity contribution is 0.0904. The molecule has 30 heavy (non-hydrogen) atoms. The molecule has 0 saturated carbocycles. The standard InChI is InChI=1S/C24H24N4O2/c1-2-3-5-10-21(29)28-15-20(22-23(25)26-16-27-24(22)28)17-11-13-19(14-12-17)30-18-8-6-4-7-9-18/h4,6-9,11-16H,2-3,5,10H2,1H3,(H2,25,26,27). The number of ether oxygens (including phenoxy) is 1. The zero-order valence-corrected chi connectivity index (χ0v) is 16.9. The van der Waals surface area contributed by atoms with E-state index in [1.165, 1.54) is 6.33 Å². The van der Waals surface area contributed by atoms with Crippen LogP contribution in [0.15, 0.2) is 67.1 Å². The van der Waals surface area contributed by atoms with Gasteiger partial charge < -0.3 is 10.5 Å². The van der Waals surface area contributed by atoms with Crippen LogP contribution in [0, 0.1) is 0 Å². The summed E-state index contributed by atoms with van der Waals surface area (Å²) in [5.74, 6) is 1.88. The molecule has 2 heterocycles. The zero-order chi connectivity index (χ0) is 20.9. The molecule has 0 radical (unpaired) electrons. The summed E-state index contributed by atoms with van der Waals surface area (Å²) in [6.45, 7) is 2.12. The highest BCUT2D eigenvalue weighted by Gasteiger charge is 2.18. The molecule has 2 aromatic carbocycles. The molecule has 6 nitrogen and oxygen atoms in total. The van der Waals surface area contributed by atoms with Crippen molar-refractivity contribution in [2.24, 2.45) is 0 Å². The number of nitrogens with zero attached hydrogens (tertiary/aromatic N) is 3. The molecular formula is C24H24N4O2. The smallest absolute Gasteiger partial charge is 0.232 e. The molecule has 6 heteroatoms. The zero-order valence-electron chi connectivity index (χ0n) is 16.9. The third-order valence-electron chi connectivity index (χ3n) is 5.02. The molecular weight excluding hydrogens is 376 g/mol. The summed E-state index contributed by atoms with van der Waals surface area (Å²) in [5, 5.41) is 0.693. The second-order valence-corrected chi connectivity index (χ2v) is 7.16. The van der Waals surface area contributed by atoms with E-state index in [-0.39, 0.29) is 5.91 Å². The number of nitrogens with two attached hydrogens (primary N) is 1. The van der Waals surface area contributed by atoms with E-state index in [1.54, 1.807) is 4.57 Å². The maximum absolute atomic E-state index is 12.8. The van der Waals surface area contributed by atoms with Crippen molar-refractivity contribution in [2.45, 2.75) is 32.6 Å². The van der Waals surface area contributed by atoms with Crippen LogP contribution in [0.1, 0.15) is 37.4 Å². The molecule has 0 bridgehead atoms. The second-order valence-electron chi connectivity index (χ2n) is 7.16. The minimum Gasteiger partial charge on any atom is -0.457 e. The van der Waals surface area contributed by atoms with Crippen molar-refractivity contribution in [2.75, 3.05) is 5.73 Å². The summed E-state index contributed by atoms with van der Waals surface area (Å²) in [7, 11) is 0. The van der Waals surface area contributed by atoms with E-state index in [4.69, 9.17) is 10.5 Å². The molecule has 0 saturated heterocycles. The Hall–Kier alpha value is -3.67. The highest BCUT2D eigenvalue weighted by atomic mass is 16.5. The number of carbonyl (C=O) groups excluding carboxylic acids is 1. The molecule has 2 aromatic heterocycles. The average Bonchev–Trinajstić information content (AvgIpc) is 3.16. The van der Waals surface area contributed by atoms with Crippen molar-refractivity contribution in [1.82, 2.24) is 14.5 Å². The first-order valence-electron chi connectivity index (χ1n) is 10.2. The largest absolute Gasteiger partial charge is 0.457 e. The van der Waals surface area contributed by atoms with Gasteiger partial charge in [-0.3, -0.25) is 9.36 Å². The number of rotatable bonds is 7. The van der Waals surface area contributed by atoms with Crippen LogP contribution in [0.4, 0.5) is 5.82 Å². The Morgan fingerprint density at radius 2 is 1.73 bits per heavy atom. The summed E-state index contributed by atoms with van der Waals surface area (Å²) in [6.07, 6.45) is 6.64. The van der Waals surface area contributed by atoms with Gasteiger partial charge in [0.1, 0.15) is 23.6 Å². The summed E-state index contributed by atoms with van der Waals surface area (Å²) < 4.78 is 7.47. The summed E-state index contributed by atoms with van der Waals surface area (Å²) in [4.78, 5) is 21.3. The lowest BCUT2D eigenvalue weighted by Crippen LogP contribution is -2.10. The molecule has 0 spiro atoms. The van der Waals surface area contributed by atoms with Crippen LogP contribution in [0.3, 0.4) is 0 Å². The number of para-hydroxylation sites is 1. The molecule has 0 amide bonds. The normalized spacial score (nSPS) is 11.0. The topological polar surface area (TPSA) is 83.0 Å². The van der Waals surface area contributed by atoms with E-state index in [9.17, 15) is 4.79 Å². The van der Waals surface area contributed by atoms with Crippen LogP contribution < -0.4 is 10.5 Å². The predicted octanol–water partition coefficient (Wildman–Crippen LogP) is 5.69. The van der Waals surface area contributed by atoms with Gasteiger partial charge in [0, 0.05) is 18.2 Å². The van der Waals surface area contributed by atoms with Crippen LogP contribution in [0.2, 0.25) is 0 Å². The number of carbonyl (C=O) groups is 1. The minimum atomic E-state index is 0.0156. The van der Waals surface area contributed by atoms with Gasteiger partial charge in [-0.05, 0) is 36.2 Å². The van der Waals surface area contributed by atoms with Gasteiger partial charge in [-0.1, -0.05) is 50.1 Å². The highest BCUT2D eigenvalue weighted by molar-refractivity contribution is 6.04. The van der Waals surface area contributed by atoms with Gasteiger partial charge in [-0.2, -0.15) is 0 Å². The quantitative estimate of drug-likeness (QED) is 0.403. The maximum Gasteiger partial charge on any atom is 0.232 e. The van der Waals surface area contributed by atoms with Crippen LogP contribution in [-0.2, 0) is 0 Å². The van der Waals surface area contributed by atoms with Gasteiger partial charge in [-0.25, -0.2) is 9.97 Å². The number of aromatic nitrogens is 3. The molecule has 0 atom stereocenters. The lowest BCUT2D eigenvalue weighted by atomic mass is 10.1. The van der Waals surface area contributed by atoms with Crippen molar-refractivity contribution in [1.29, 1.82) is 0 Å². The molecule has 0 aliphatic heterocycles. The molecule has 2 N–H and O–H groups in total. The third kappa shape index (κ3) is 4.03. The number of hydrogen-bond acceptors (Lipinski definition) is 5. The van der Waals surface area contributed by atoms with E-state index < -0.39 is 0 Å². The minimum absolute atomic E-state index is 0.0156. The maximum atomic E-state index is 12.8. The molecule has 4 aromatic rings.